The first-order valence-electron chi connectivity index (χ1n) is 7.83. The lowest BCUT2D eigenvalue weighted by atomic mass is 9.98. The van der Waals surface area contributed by atoms with Crippen LogP contribution in [0.15, 0.2) is 11.4 Å². The third-order valence-electron chi connectivity index (χ3n) is 3.92. The molecule has 3 N–H and O–H groups in total. The topological polar surface area (TPSA) is 67.6 Å². The Hall–Kier alpha value is -1.27. The number of nitrogens with two attached hydrogens (primary N) is 1. The van der Waals surface area contributed by atoms with E-state index in [0.717, 1.165) is 36.5 Å². The van der Waals surface area contributed by atoms with E-state index >= 15 is 0 Å². The fraction of sp³-hybridized carbons (Fsp3) is 0.688. The fourth-order valence-corrected chi connectivity index (χ4v) is 3.46. The summed E-state index contributed by atoms with van der Waals surface area (Å²) in [5.74, 6) is 0. The van der Waals surface area contributed by atoms with Crippen LogP contribution in [-0.2, 0) is 11.3 Å². The molecule has 2 rings (SSSR count). The Kier molecular flexibility index (Phi) is 5.34. The summed E-state index contributed by atoms with van der Waals surface area (Å²) in [6, 6.07) is 2.31. The van der Waals surface area contributed by atoms with Crippen LogP contribution in [0.25, 0.3) is 0 Å². The van der Waals surface area contributed by atoms with E-state index < -0.39 is 5.60 Å². The van der Waals surface area contributed by atoms with Crippen molar-refractivity contribution in [3.63, 3.8) is 0 Å². The highest BCUT2D eigenvalue weighted by Crippen LogP contribution is 2.23. The number of piperidine rings is 1. The molecule has 1 aromatic rings. The van der Waals surface area contributed by atoms with Crippen LogP contribution in [-0.4, -0.2) is 35.2 Å². The van der Waals surface area contributed by atoms with Crippen LogP contribution in [0.4, 0.5) is 10.5 Å². The summed E-state index contributed by atoms with van der Waals surface area (Å²) in [7, 11) is 0. The molecule has 0 saturated carbocycles. The molecule has 0 spiro atoms. The summed E-state index contributed by atoms with van der Waals surface area (Å²) in [4.78, 5) is 15.3. The molecule has 0 radical (unpaired) electrons. The zero-order chi connectivity index (χ0) is 16.3. The molecular weight excluding hydrogens is 298 g/mol. The molecule has 1 fully saturated rings. The lowest BCUT2D eigenvalue weighted by Crippen LogP contribution is -2.55. The van der Waals surface area contributed by atoms with Crippen LogP contribution in [0.2, 0.25) is 0 Å². The maximum atomic E-state index is 12.3. The van der Waals surface area contributed by atoms with Crippen LogP contribution in [0.3, 0.4) is 0 Å². The molecule has 2 atom stereocenters. The Bertz CT molecular complexity index is 510. The number of hydrogen-bond acceptors (Lipinski definition) is 5. The number of nitrogen functional groups attached to an aromatic ring is 1. The highest BCUT2D eigenvalue weighted by molar-refractivity contribution is 7.10. The number of carbonyl (C=O) groups excluding carboxylic acids is 1. The molecule has 1 aromatic heterocycles. The minimum absolute atomic E-state index is 0.116. The normalized spacial score (nSPS) is 22.6. The van der Waals surface area contributed by atoms with Crippen LogP contribution < -0.4 is 11.1 Å². The SMILES string of the molecule is CC1C(NCc2sccc2N)CCCN1C(=O)OC(C)(C)C. The summed E-state index contributed by atoms with van der Waals surface area (Å²) >= 11 is 1.66. The monoisotopic (exact) mass is 325 g/mol. The van der Waals surface area contributed by atoms with Gasteiger partial charge in [-0.15, -0.1) is 11.3 Å². The van der Waals surface area contributed by atoms with Crippen molar-refractivity contribution in [3.05, 3.63) is 16.3 Å². The van der Waals surface area contributed by atoms with Gasteiger partial charge in [-0.1, -0.05) is 0 Å². The number of nitrogens with zero attached hydrogens (tertiary/aromatic N) is 1. The maximum Gasteiger partial charge on any atom is 0.410 e. The second-order valence-corrected chi connectivity index (χ2v) is 7.84. The molecule has 1 aliphatic rings. The first kappa shape index (κ1) is 17.1. The summed E-state index contributed by atoms with van der Waals surface area (Å²) in [6.45, 7) is 9.28. The summed E-state index contributed by atoms with van der Waals surface area (Å²) in [6.07, 6.45) is 1.83. The second kappa shape index (κ2) is 6.87. The molecule has 2 heterocycles. The summed E-state index contributed by atoms with van der Waals surface area (Å²) in [5, 5.41) is 5.55. The number of nitrogens with one attached hydrogen (secondary N) is 1. The smallest absolute Gasteiger partial charge is 0.410 e. The summed E-state index contributed by atoms with van der Waals surface area (Å²) in [5.41, 5.74) is 6.30. The van der Waals surface area contributed by atoms with Crippen molar-refractivity contribution in [2.24, 2.45) is 0 Å². The van der Waals surface area contributed by atoms with E-state index in [9.17, 15) is 4.79 Å². The molecule has 6 heteroatoms. The first-order valence-corrected chi connectivity index (χ1v) is 8.71. The Morgan fingerprint density at radius 3 is 2.86 bits per heavy atom. The Balaban J connectivity index is 1.93. The van der Waals surface area contributed by atoms with Gasteiger partial charge in [-0.3, -0.25) is 0 Å². The standard InChI is InChI=1S/C16H27N3O2S/c1-11-13(18-10-14-12(17)7-9-22-14)6-5-8-19(11)15(20)21-16(2,3)4/h7,9,11,13,18H,5-6,8,10,17H2,1-4H3. The quantitative estimate of drug-likeness (QED) is 0.895. The van der Waals surface area contributed by atoms with Crippen LogP contribution >= 0.6 is 11.3 Å². The van der Waals surface area contributed by atoms with E-state index in [1.807, 2.05) is 37.1 Å². The van der Waals surface area contributed by atoms with Crippen molar-refractivity contribution in [1.82, 2.24) is 10.2 Å². The van der Waals surface area contributed by atoms with Gasteiger partial charge in [-0.25, -0.2) is 4.79 Å². The predicted molar refractivity (Wildman–Crippen MR) is 91.0 cm³/mol. The molecule has 1 saturated heterocycles. The highest BCUT2D eigenvalue weighted by Gasteiger charge is 2.33. The van der Waals surface area contributed by atoms with Gasteiger partial charge in [0.2, 0.25) is 0 Å². The fourth-order valence-electron chi connectivity index (χ4n) is 2.71. The van der Waals surface area contributed by atoms with Gasteiger partial charge in [0.05, 0.1) is 0 Å². The zero-order valence-corrected chi connectivity index (χ0v) is 14.7. The Labute approximate surface area is 136 Å². The van der Waals surface area contributed by atoms with Crippen LogP contribution in [0.1, 0.15) is 45.4 Å². The number of likely N-dealkylation sites (tertiary alicyclic amines) is 1. The number of ether oxygens (including phenoxy) is 1. The van der Waals surface area contributed by atoms with Crippen molar-refractivity contribution in [3.8, 4) is 0 Å². The minimum Gasteiger partial charge on any atom is -0.444 e. The number of amides is 1. The highest BCUT2D eigenvalue weighted by atomic mass is 32.1. The van der Waals surface area contributed by atoms with Gasteiger partial charge >= 0.3 is 6.09 Å². The molecule has 0 bridgehead atoms. The predicted octanol–water partition coefficient (Wildman–Crippen LogP) is 3.21. The zero-order valence-electron chi connectivity index (χ0n) is 13.9. The van der Waals surface area contributed by atoms with Gasteiger partial charge in [0.15, 0.2) is 0 Å². The number of anilines is 1. The van der Waals surface area contributed by atoms with Gasteiger partial charge in [0, 0.05) is 35.7 Å². The van der Waals surface area contributed by atoms with Crippen LogP contribution in [0.5, 0.6) is 0 Å². The maximum absolute atomic E-state index is 12.3. The van der Waals surface area contributed by atoms with Gasteiger partial charge in [0.25, 0.3) is 0 Å². The van der Waals surface area contributed by atoms with E-state index in [1.54, 1.807) is 11.3 Å². The molecule has 1 amide bonds. The Morgan fingerprint density at radius 2 is 2.27 bits per heavy atom. The van der Waals surface area contributed by atoms with Gasteiger partial charge < -0.3 is 20.7 Å². The molecular formula is C16H27N3O2S. The third-order valence-corrected chi connectivity index (χ3v) is 4.86. The first-order chi connectivity index (χ1) is 10.3. The number of thiophene rings is 1. The van der Waals surface area contributed by atoms with Crippen molar-refractivity contribution < 1.29 is 9.53 Å². The summed E-state index contributed by atoms with van der Waals surface area (Å²) < 4.78 is 5.51. The van der Waals surface area contributed by atoms with E-state index in [2.05, 4.69) is 12.2 Å². The molecule has 1 aliphatic heterocycles. The van der Waals surface area contributed by atoms with Gasteiger partial charge in [0.1, 0.15) is 5.60 Å². The van der Waals surface area contributed by atoms with Crippen molar-refractivity contribution in [2.45, 2.75) is 64.8 Å². The molecule has 5 nitrogen and oxygen atoms in total. The average Bonchev–Trinajstić information content (AvgIpc) is 2.81. The molecule has 0 aromatic carbocycles. The average molecular weight is 325 g/mol. The van der Waals surface area contributed by atoms with Crippen LogP contribution in [0, 0.1) is 0 Å². The lowest BCUT2D eigenvalue weighted by molar-refractivity contribution is 0.00700. The molecule has 22 heavy (non-hydrogen) atoms. The van der Waals surface area contributed by atoms with Crippen molar-refractivity contribution in [2.75, 3.05) is 12.3 Å². The van der Waals surface area contributed by atoms with E-state index in [-0.39, 0.29) is 18.2 Å². The number of rotatable bonds is 3. The Morgan fingerprint density at radius 1 is 1.55 bits per heavy atom. The third kappa shape index (κ3) is 4.36. The van der Waals surface area contributed by atoms with Gasteiger partial charge in [-0.2, -0.15) is 0 Å². The molecule has 2 unspecified atom stereocenters. The minimum atomic E-state index is -0.456. The second-order valence-electron chi connectivity index (χ2n) is 6.84. The van der Waals surface area contributed by atoms with Gasteiger partial charge in [-0.05, 0) is 52.0 Å². The van der Waals surface area contributed by atoms with E-state index in [4.69, 9.17) is 10.5 Å². The number of hydrogen-bond donors (Lipinski definition) is 2. The largest absolute Gasteiger partial charge is 0.444 e. The van der Waals surface area contributed by atoms with Crippen molar-refractivity contribution >= 4 is 23.1 Å². The number of carbonyl (C=O) groups is 1. The lowest BCUT2D eigenvalue weighted by Gasteiger charge is -2.40. The van der Waals surface area contributed by atoms with Crippen molar-refractivity contribution in [1.29, 1.82) is 0 Å². The molecule has 124 valence electrons. The van der Waals surface area contributed by atoms with E-state index in [0.29, 0.717) is 0 Å². The van der Waals surface area contributed by atoms with E-state index in [1.165, 1.54) is 0 Å². The molecule has 0 aliphatic carbocycles.